The lowest BCUT2D eigenvalue weighted by atomic mass is 10.1. The number of amides is 1. The summed E-state index contributed by atoms with van der Waals surface area (Å²) < 4.78 is 19.1. The molecule has 2 aromatic rings. The van der Waals surface area contributed by atoms with Gasteiger partial charge < -0.3 is 15.4 Å². The lowest BCUT2D eigenvalue weighted by Gasteiger charge is -2.32. The Hall–Kier alpha value is -2.56. The first-order valence-electron chi connectivity index (χ1n) is 6.16. The molecule has 0 saturated carbocycles. The van der Waals surface area contributed by atoms with Gasteiger partial charge in [0.1, 0.15) is 5.82 Å². The molecule has 0 radical (unpaired) electrons. The number of hydrogen-bond acceptors (Lipinski definition) is 3. The number of nitrogen functional groups attached to an aromatic ring is 1. The second kappa shape index (κ2) is 4.52. The van der Waals surface area contributed by atoms with Crippen LogP contribution in [0.4, 0.5) is 15.8 Å². The van der Waals surface area contributed by atoms with Crippen molar-refractivity contribution >= 4 is 17.3 Å². The van der Waals surface area contributed by atoms with E-state index in [-0.39, 0.29) is 11.6 Å². The van der Waals surface area contributed by atoms with Crippen LogP contribution in [0.2, 0.25) is 0 Å². The van der Waals surface area contributed by atoms with Crippen LogP contribution in [0.3, 0.4) is 0 Å². The zero-order valence-corrected chi connectivity index (χ0v) is 10.8. The molecule has 0 aliphatic carbocycles. The first kappa shape index (κ1) is 12.5. The number of halogens is 1. The third kappa shape index (κ3) is 1.87. The maximum absolute atomic E-state index is 13.4. The van der Waals surface area contributed by atoms with Crippen molar-refractivity contribution in [3.05, 3.63) is 53.8 Å². The van der Waals surface area contributed by atoms with E-state index in [2.05, 4.69) is 0 Å². The molecule has 1 atom stereocenters. The van der Waals surface area contributed by atoms with Gasteiger partial charge in [0.05, 0.1) is 11.4 Å². The minimum absolute atomic E-state index is 0.181. The van der Waals surface area contributed by atoms with Crippen molar-refractivity contribution < 1.29 is 13.9 Å². The standard InChI is InChI=1S/C15H13FN2O2/c1-18-12-8-10(16)7-11(17)14(12)20-13(15(18)19)9-5-3-2-4-6-9/h2-8,13H,17H2,1H3. The van der Waals surface area contributed by atoms with Crippen molar-refractivity contribution in [1.82, 2.24) is 0 Å². The third-order valence-electron chi connectivity index (χ3n) is 3.32. The summed E-state index contributed by atoms with van der Waals surface area (Å²) in [5, 5.41) is 0. The Morgan fingerprint density at radius 3 is 2.65 bits per heavy atom. The van der Waals surface area contributed by atoms with E-state index in [0.717, 1.165) is 5.56 Å². The van der Waals surface area contributed by atoms with Crippen molar-refractivity contribution in [3.63, 3.8) is 0 Å². The van der Waals surface area contributed by atoms with E-state index in [1.54, 1.807) is 19.2 Å². The molecule has 5 heteroatoms. The molecule has 20 heavy (non-hydrogen) atoms. The molecule has 0 fully saturated rings. The molecule has 0 aromatic heterocycles. The number of carbonyl (C=O) groups excluding carboxylic acids is 1. The Morgan fingerprint density at radius 2 is 1.95 bits per heavy atom. The van der Waals surface area contributed by atoms with Crippen LogP contribution in [0.5, 0.6) is 5.75 Å². The highest BCUT2D eigenvalue weighted by Crippen LogP contribution is 2.42. The lowest BCUT2D eigenvalue weighted by Crippen LogP contribution is -2.38. The van der Waals surface area contributed by atoms with E-state index >= 15 is 0 Å². The molecule has 3 rings (SSSR count). The number of rotatable bonds is 1. The Bertz CT molecular complexity index is 673. The summed E-state index contributed by atoms with van der Waals surface area (Å²) in [6.07, 6.45) is -0.763. The predicted molar refractivity (Wildman–Crippen MR) is 74.0 cm³/mol. The molecule has 0 saturated heterocycles. The van der Waals surface area contributed by atoms with Crippen LogP contribution in [-0.4, -0.2) is 13.0 Å². The normalized spacial score (nSPS) is 17.6. The summed E-state index contributed by atoms with van der Waals surface area (Å²) in [4.78, 5) is 13.7. The molecule has 1 aliphatic heterocycles. The molecular formula is C15H13FN2O2. The van der Waals surface area contributed by atoms with Crippen LogP contribution < -0.4 is 15.4 Å². The average Bonchev–Trinajstić information content (AvgIpc) is 2.44. The molecule has 1 unspecified atom stereocenters. The van der Waals surface area contributed by atoms with Crippen LogP contribution >= 0.6 is 0 Å². The SMILES string of the molecule is CN1C(=O)C(c2ccccc2)Oc2c(N)cc(F)cc21. The number of hydrogen-bond donors (Lipinski definition) is 1. The molecule has 0 spiro atoms. The zero-order valence-electron chi connectivity index (χ0n) is 10.8. The minimum atomic E-state index is -0.763. The lowest BCUT2D eigenvalue weighted by molar-refractivity contribution is -0.126. The number of anilines is 2. The van der Waals surface area contributed by atoms with Gasteiger partial charge in [-0.15, -0.1) is 0 Å². The second-order valence-electron chi connectivity index (χ2n) is 4.65. The summed E-state index contributed by atoms with van der Waals surface area (Å²) in [5.74, 6) is -0.418. The second-order valence-corrected chi connectivity index (χ2v) is 4.65. The van der Waals surface area contributed by atoms with Crippen molar-refractivity contribution in [3.8, 4) is 5.75 Å². The molecule has 1 amide bonds. The number of carbonyl (C=O) groups is 1. The van der Waals surface area contributed by atoms with E-state index in [1.165, 1.54) is 17.0 Å². The summed E-state index contributed by atoms with van der Waals surface area (Å²) in [5.41, 5.74) is 7.05. The molecule has 102 valence electrons. The van der Waals surface area contributed by atoms with Crippen LogP contribution in [0, 0.1) is 5.82 Å². The largest absolute Gasteiger partial charge is 0.471 e. The number of nitrogens with two attached hydrogens (primary N) is 1. The van der Waals surface area contributed by atoms with Crippen molar-refractivity contribution in [2.24, 2.45) is 0 Å². The number of nitrogens with zero attached hydrogens (tertiary/aromatic N) is 1. The van der Waals surface area contributed by atoms with Gasteiger partial charge in [0.25, 0.3) is 5.91 Å². The van der Waals surface area contributed by atoms with Gasteiger partial charge in [-0.25, -0.2) is 4.39 Å². The Kier molecular flexibility index (Phi) is 2.82. The maximum Gasteiger partial charge on any atom is 0.272 e. The Morgan fingerprint density at radius 1 is 1.25 bits per heavy atom. The monoisotopic (exact) mass is 272 g/mol. The van der Waals surface area contributed by atoms with Crippen LogP contribution in [0.15, 0.2) is 42.5 Å². The first-order valence-corrected chi connectivity index (χ1v) is 6.16. The summed E-state index contributed by atoms with van der Waals surface area (Å²) in [7, 11) is 1.58. The quantitative estimate of drug-likeness (QED) is 0.811. The Balaban J connectivity index is 2.09. The first-order chi connectivity index (χ1) is 9.58. The number of fused-ring (bicyclic) bond motifs is 1. The zero-order chi connectivity index (χ0) is 14.3. The number of benzene rings is 2. The summed E-state index contributed by atoms with van der Waals surface area (Å²) in [6.45, 7) is 0. The highest BCUT2D eigenvalue weighted by molar-refractivity contribution is 6.01. The van der Waals surface area contributed by atoms with Gasteiger partial charge in [-0.3, -0.25) is 4.79 Å². The predicted octanol–water partition coefficient (Wildman–Crippen LogP) is 2.50. The van der Waals surface area contributed by atoms with Crippen molar-refractivity contribution in [1.29, 1.82) is 0 Å². The minimum Gasteiger partial charge on any atom is -0.471 e. The van der Waals surface area contributed by atoms with E-state index in [0.29, 0.717) is 11.4 Å². The third-order valence-corrected chi connectivity index (χ3v) is 3.32. The van der Waals surface area contributed by atoms with Gasteiger partial charge in [0, 0.05) is 24.7 Å². The summed E-state index contributed by atoms with van der Waals surface area (Å²) in [6, 6.07) is 11.6. The van der Waals surface area contributed by atoms with E-state index in [4.69, 9.17) is 10.5 Å². The highest BCUT2D eigenvalue weighted by atomic mass is 19.1. The van der Waals surface area contributed by atoms with Gasteiger partial charge in [-0.05, 0) is 0 Å². The van der Waals surface area contributed by atoms with Crippen LogP contribution in [0.25, 0.3) is 0 Å². The maximum atomic E-state index is 13.4. The summed E-state index contributed by atoms with van der Waals surface area (Å²) >= 11 is 0. The Labute approximate surface area is 115 Å². The molecule has 1 heterocycles. The van der Waals surface area contributed by atoms with Crippen LogP contribution in [-0.2, 0) is 4.79 Å². The van der Waals surface area contributed by atoms with Crippen molar-refractivity contribution in [2.45, 2.75) is 6.10 Å². The molecule has 1 aliphatic rings. The number of likely N-dealkylation sites (N-methyl/N-ethyl adjacent to an activating group) is 1. The highest BCUT2D eigenvalue weighted by Gasteiger charge is 2.34. The number of ether oxygens (including phenoxy) is 1. The molecular weight excluding hydrogens is 259 g/mol. The topological polar surface area (TPSA) is 55.6 Å². The van der Waals surface area contributed by atoms with Gasteiger partial charge >= 0.3 is 0 Å². The van der Waals surface area contributed by atoms with Gasteiger partial charge in [-0.2, -0.15) is 0 Å². The van der Waals surface area contributed by atoms with Crippen molar-refractivity contribution in [2.75, 3.05) is 17.7 Å². The molecule has 2 N–H and O–H groups in total. The van der Waals surface area contributed by atoms with E-state index in [9.17, 15) is 9.18 Å². The van der Waals surface area contributed by atoms with Gasteiger partial charge in [0.15, 0.2) is 5.75 Å². The van der Waals surface area contributed by atoms with E-state index < -0.39 is 11.9 Å². The van der Waals surface area contributed by atoms with Gasteiger partial charge in [0.2, 0.25) is 6.10 Å². The van der Waals surface area contributed by atoms with E-state index in [1.807, 2.05) is 18.2 Å². The fourth-order valence-corrected chi connectivity index (χ4v) is 2.28. The average molecular weight is 272 g/mol. The fourth-order valence-electron chi connectivity index (χ4n) is 2.28. The van der Waals surface area contributed by atoms with Gasteiger partial charge in [-0.1, -0.05) is 30.3 Å². The molecule has 4 nitrogen and oxygen atoms in total. The van der Waals surface area contributed by atoms with Crippen LogP contribution in [0.1, 0.15) is 11.7 Å². The smallest absolute Gasteiger partial charge is 0.272 e. The fraction of sp³-hybridized carbons (Fsp3) is 0.133. The molecule has 0 bridgehead atoms. The molecule has 2 aromatic carbocycles.